The minimum absolute atomic E-state index is 0.0120. The van der Waals surface area contributed by atoms with Crippen molar-refractivity contribution in [3.63, 3.8) is 0 Å². The maximum Gasteiger partial charge on any atom is 0.271 e. The maximum absolute atomic E-state index is 12.8. The fourth-order valence-corrected chi connectivity index (χ4v) is 5.98. The SMILES string of the molecule is CC(C)C(=O)N1CCC(c2nc(C(=O)NC3(C4CCCCC4)CC3)cs2)CC1. The minimum Gasteiger partial charge on any atom is -0.345 e. The molecular formula is C22H33N3O2S. The molecule has 1 aromatic heterocycles. The fourth-order valence-electron chi connectivity index (χ4n) is 5.01. The highest BCUT2D eigenvalue weighted by Gasteiger charge is 2.50. The standard InChI is InChI=1S/C22H33N3O2S/c1-15(2)21(27)25-12-8-16(9-13-25)20-23-18(14-28-20)19(26)24-22(10-11-22)17-6-4-3-5-7-17/h14-17H,3-13H2,1-2H3,(H,24,26). The highest BCUT2D eigenvalue weighted by molar-refractivity contribution is 7.09. The van der Waals surface area contributed by atoms with Crippen LogP contribution in [0.25, 0.3) is 0 Å². The molecule has 3 aliphatic rings. The van der Waals surface area contributed by atoms with Crippen LogP contribution >= 0.6 is 11.3 Å². The van der Waals surface area contributed by atoms with Gasteiger partial charge < -0.3 is 10.2 Å². The molecule has 1 aliphatic heterocycles. The van der Waals surface area contributed by atoms with E-state index in [4.69, 9.17) is 4.98 Å². The van der Waals surface area contributed by atoms with E-state index < -0.39 is 0 Å². The van der Waals surface area contributed by atoms with Crippen molar-refractivity contribution < 1.29 is 9.59 Å². The molecule has 2 amide bonds. The van der Waals surface area contributed by atoms with E-state index in [0.717, 1.165) is 43.8 Å². The van der Waals surface area contributed by atoms with Gasteiger partial charge in [0, 0.05) is 35.8 Å². The predicted octanol–water partition coefficient (Wildman–Crippen LogP) is 4.35. The van der Waals surface area contributed by atoms with Gasteiger partial charge in [-0.05, 0) is 44.4 Å². The number of carbonyl (C=O) groups excluding carboxylic acids is 2. The lowest BCUT2D eigenvalue weighted by Gasteiger charge is -2.32. The Morgan fingerprint density at radius 1 is 1.14 bits per heavy atom. The van der Waals surface area contributed by atoms with Crippen molar-refractivity contribution >= 4 is 23.2 Å². The van der Waals surface area contributed by atoms with Gasteiger partial charge in [-0.25, -0.2) is 4.98 Å². The van der Waals surface area contributed by atoms with E-state index in [2.05, 4.69) is 5.32 Å². The summed E-state index contributed by atoms with van der Waals surface area (Å²) in [6, 6.07) is 0. The molecule has 0 aromatic carbocycles. The van der Waals surface area contributed by atoms with Crippen LogP contribution in [0.1, 0.15) is 93.0 Å². The second kappa shape index (κ2) is 8.13. The summed E-state index contributed by atoms with van der Waals surface area (Å²) >= 11 is 1.61. The quantitative estimate of drug-likeness (QED) is 0.795. The first kappa shape index (κ1) is 19.9. The number of likely N-dealkylation sites (tertiary alicyclic amines) is 1. The predicted molar refractivity (Wildman–Crippen MR) is 112 cm³/mol. The van der Waals surface area contributed by atoms with Gasteiger partial charge in [-0.15, -0.1) is 11.3 Å². The van der Waals surface area contributed by atoms with E-state index >= 15 is 0 Å². The zero-order chi connectivity index (χ0) is 19.7. The van der Waals surface area contributed by atoms with Crippen molar-refractivity contribution in [3.05, 3.63) is 16.1 Å². The largest absolute Gasteiger partial charge is 0.345 e. The summed E-state index contributed by atoms with van der Waals surface area (Å²) in [7, 11) is 0. The molecule has 2 heterocycles. The van der Waals surface area contributed by atoms with Gasteiger partial charge in [-0.2, -0.15) is 0 Å². The van der Waals surface area contributed by atoms with Crippen molar-refractivity contribution in [2.45, 2.75) is 83.1 Å². The molecule has 0 bridgehead atoms. The van der Waals surface area contributed by atoms with Crippen molar-refractivity contribution in [1.82, 2.24) is 15.2 Å². The lowest BCUT2D eigenvalue weighted by atomic mass is 9.82. The summed E-state index contributed by atoms with van der Waals surface area (Å²) in [4.78, 5) is 31.7. The Morgan fingerprint density at radius 3 is 2.43 bits per heavy atom. The third-order valence-electron chi connectivity index (χ3n) is 6.94. The summed E-state index contributed by atoms with van der Waals surface area (Å²) in [5, 5.41) is 6.34. The average Bonchev–Trinajstić information content (AvgIpc) is 3.33. The Balaban J connectivity index is 1.33. The van der Waals surface area contributed by atoms with E-state index in [0.29, 0.717) is 17.5 Å². The second-order valence-electron chi connectivity index (χ2n) is 9.27. The van der Waals surface area contributed by atoms with Crippen LogP contribution in [0, 0.1) is 11.8 Å². The minimum atomic E-state index is 0.0120. The Labute approximate surface area is 172 Å². The molecule has 0 unspecified atom stereocenters. The van der Waals surface area contributed by atoms with E-state index in [1.807, 2.05) is 24.1 Å². The van der Waals surface area contributed by atoms with Gasteiger partial charge in [0.25, 0.3) is 5.91 Å². The molecule has 1 N–H and O–H groups in total. The number of amides is 2. The van der Waals surface area contributed by atoms with E-state index in [9.17, 15) is 9.59 Å². The molecule has 4 rings (SSSR count). The lowest BCUT2D eigenvalue weighted by Crippen LogP contribution is -2.43. The van der Waals surface area contributed by atoms with Gasteiger partial charge >= 0.3 is 0 Å². The van der Waals surface area contributed by atoms with Crippen molar-refractivity contribution in [2.24, 2.45) is 11.8 Å². The van der Waals surface area contributed by atoms with Gasteiger partial charge in [-0.3, -0.25) is 9.59 Å². The maximum atomic E-state index is 12.8. The van der Waals surface area contributed by atoms with Crippen molar-refractivity contribution in [1.29, 1.82) is 0 Å². The Morgan fingerprint density at radius 2 is 1.82 bits per heavy atom. The van der Waals surface area contributed by atoms with Crippen LogP contribution in [0.5, 0.6) is 0 Å². The number of hydrogen-bond donors (Lipinski definition) is 1. The number of hydrogen-bond acceptors (Lipinski definition) is 4. The Kier molecular flexibility index (Phi) is 5.77. The summed E-state index contributed by atoms with van der Waals surface area (Å²) in [5.74, 6) is 1.35. The normalized spacial score (nSPS) is 23.0. The molecule has 28 heavy (non-hydrogen) atoms. The zero-order valence-electron chi connectivity index (χ0n) is 17.2. The zero-order valence-corrected chi connectivity index (χ0v) is 18.0. The number of aromatic nitrogens is 1. The van der Waals surface area contributed by atoms with Crippen LogP contribution in [-0.2, 0) is 4.79 Å². The monoisotopic (exact) mass is 403 g/mol. The number of nitrogens with one attached hydrogen (secondary N) is 1. The molecule has 1 aromatic rings. The van der Waals surface area contributed by atoms with Gasteiger partial charge in [0.1, 0.15) is 5.69 Å². The number of nitrogens with zero attached hydrogens (tertiary/aromatic N) is 2. The van der Waals surface area contributed by atoms with Crippen LogP contribution in [0.3, 0.4) is 0 Å². The van der Waals surface area contributed by atoms with Crippen LogP contribution in [-0.4, -0.2) is 40.3 Å². The molecule has 3 fully saturated rings. The van der Waals surface area contributed by atoms with Gasteiger partial charge in [0.05, 0.1) is 5.01 Å². The fraction of sp³-hybridized carbons (Fsp3) is 0.773. The van der Waals surface area contributed by atoms with E-state index in [-0.39, 0.29) is 23.3 Å². The second-order valence-corrected chi connectivity index (χ2v) is 10.2. The third-order valence-corrected chi connectivity index (χ3v) is 7.95. The Hall–Kier alpha value is -1.43. The molecule has 2 aliphatic carbocycles. The van der Waals surface area contributed by atoms with Crippen LogP contribution in [0.4, 0.5) is 0 Å². The van der Waals surface area contributed by atoms with Gasteiger partial charge in [-0.1, -0.05) is 33.1 Å². The molecule has 6 heteroatoms. The van der Waals surface area contributed by atoms with Crippen molar-refractivity contribution in [2.75, 3.05) is 13.1 Å². The molecule has 2 saturated carbocycles. The van der Waals surface area contributed by atoms with Gasteiger partial charge in [0.15, 0.2) is 0 Å². The molecule has 0 spiro atoms. The number of thiazole rings is 1. The van der Waals surface area contributed by atoms with Crippen molar-refractivity contribution in [3.8, 4) is 0 Å². The first-order chi connectivity index (χ1) is 13.5. The summed E-state index contributed by atoms with van der Waals surface area (Å²) in [6.45, 7) is 5.52. The first-order valence-electron chi connectivity index (χ1n) is 11.1. The highest BCUT2D eigenvalue weighted by atomic mass is 32.1. The molecule has 5 nitrogen and oxygen atoms in total. The summed E-state index contributed by atoms with van der Waals surface area (Å²) in [6.07, 6.45) is 10.6. The topological polar surface area (TPSA) is 62.3 Å². The summed E-state index contributed by atoms with van der Waals surface area (Å²) < 4.78 is 0. The van der Waals surface area contributed by atoms with Crippen LogP contribution < -0.4 is 5.32 Å². The molecule has 0 radical (unpaired) electrons. The average molecular weight is 404 g/mol. The van der Waals surface area contributed by atoms with E-state index in [1.165, 1.54) is 32.1 Å². The highest BCUT2D eigenvalue weighted by Crippen LogP contribution is 2.48. The smallest absolute Gasteiger partial charge is 0.271 e. The number of carbonyl (C=O) groups is 2. The number of piperidine rings is 1. The molecule has 0 atom stereocenters. The molecular weight excluding hydrogens is 370 g/mol. The first-order valence-corrected chi connectivity index (χ1v) is 11.9. The molecule has 154 valence electrons. The third kappa shape index (κ3) is 4.12. The number of rotatable bonds is 5. The van der Waals surface area contributed by atoms with Gasteiger partial charge in [0.2, 0.25) is 5.91 Å². The molecule has 1 saturated heterocycles. The lowest BCUT2D eigenvalue weighted by molar-refractivity contribution is -0.135. The Bertz CT molecular complexity index is 711. The van der Waals surface area contributed by atoms with E-state index in [1.54, 1.807) is 11.3 Å². The van der Waals surface area contributed by atoms with Crippen LogP contribution in [0.15, 0.2) is 5.38 Å². The summed E-state index contributed by atoms with van der Waals surface area (Å²) in [5.41, 5.74) is 0.645. The van der Waals surface area contributed by atoms with Crippen LogP contribution in [0.2, 0.25) is 0 Å².